The number of carbonyl (C=O) groups excluding carboxylic acids is 1. The molecule has 1 aromatic heterocycles. The Morgan fingerprint density at radius 3 is 2.67 bits per heavy atom. The van der Waals surface area contributed by atoms with Crippen molar-refractivity contribution in [1.82, 2.24) is 9.88 Å². The Morgan fingerprint density at radius 2 is 2.22 bits per heavy atom. The van der Waals surface area contributed by atoms with Crippen molar-refractivity contribution in [3.05, 3.63) is 29.6 Å². The lowest BCUT2D eigenvalue weighted by Crippen LogP contribution is -2.42. The van der Waals surface area contributed by atoms with E-state index in [1.165, 1.54) is 11.1 Å². The Bertz CT molecular complexity index is 440. The van der Waals surface area contributed by atoms with Gasteiger partial charge in [-0.2, -0.15) is 0 Å². The van der Waals surface area contributed by atoms with E-state index < -0.39 is 0 Å². The standard InChI is InChI=1S/C12H18N4O2/c1-8(2)16(7-11(13)15-18)12(17)10-5-4-9(3)14-6-10/h4-6,8,18H,7H2,1-3H3,(H2,13,15). The van der Waals surface area contributed by atoms with Crippen LogP contribution in [0.3, 0.4) is 0 Å². The maximum absolute atomic E-state index is 12.2. The molecule has 6 nitrogen and oxygen atoms in total. The van der Waals surface area contributed by atoms with E-state index in [0.717, 1.165) is 5.69 Å². The highest BCUT2D eigenvalue weighted by atomic mass is 16.4. The van der Waals surface area contributed by atoms with Crippen molar-refractivity contribution >= 4 is 11.7 Å². The molecule has 0 bridgehead atoms. The minimum absolute atomic E-state index is 0.00267. The molecule has 0 saturated heterocycles. The Labute approximate surface area is 106 Å². The van der Waals surface area contributed by atoms with E-state index in [4.69, 9.17) is 10.9 Å². The quantitative estimate of drug-likeness (QED) is 0.361. The number of hydrogen-bond donors (Lipinski definition) is 2. The average Bonchev–Trinajstić information content (AvgIpc) is 2.35. The fourth-order valence-corrected chi connectivity index (χ4v) is 1.46. The molecular formula is C12H18N4O2. The second-order valence-electron chi connectivity index (χ2n) is 4.31. The second kappa shape index (κ2) is 6.00. The summed E-state index contributed by atoms with van der Waals surface area (Å²) in [6.45, 7) is 5.67. The molecule has 0 unspecified atom stereocenters. The molecule has 0 atom stereocenters. The summed E-state index contributed by atoms with van der Waals surface area (Å²) in [4.78, 5) is 17.8. The molecule has 0 spiro atoms. The molecule has 6 heteroatoms. The maximum atomic E-state index is 12.2. The van der Waals surface area contributed by atoms with Crippen LogP contribution in [0.2, 0.25) is 0 Å². The van der Waals surface area contributed by atoms with E-state index in [9.17, 15) is 4.79 Å². The summed E-state index contributed by atoms with van der Waals surface area (Å²) in [6, 6.07) is 3.43. The van der Waals surface area contributed by atoms with Crippen molar-refractivity contribution in [2.75, 3.05) is 6.54 Å². The number of oxime groups is 1. The Morgan fingerprint density at radius 1 is 1.56 bits per heavy atom. The van der Waals surface area contributed by atoms with E-state index in [2.05, 4.69) is 10.1 Å². The summed E-state index contributed by atoms with van der Waals surface area (Å²) < 4.78 is 0. The van der Waals surface area contributed by atoms with Gasteiger partial charge in [0.1, 0.15) is 0 Å². The van der Waals surface area contributed by atoms with Gasteiger partial charge in [-0.05, 0) is 32.9 Å². The first-order chi connectivity index (χ1) is 8.45. The molecule has 0 aliphatic heterocycles. The fourth-order valence-electron chi connectivity index (χ4n) is 1.46. The molecule has 0 aromatic carbocycles. The minimum Gasteiger partial charge on any atom is -0.409 e. The van der Waals surface area contributed by atoms with Gasteiger partial charge in [0.25, 0.3) is 5.91 Å². The third-order valence-corrected chi connectivity index (χ3v) is 2.50. The summed E-state index contributed by atoms with van der Waals surface area (Å²) in [5, 5.41) is 11.5. The third kappa shape index (κ3) is 3.44. The van der Waals surface area contributed by atoms with Gasteiger partial charge < -0.3 is 15.8 Å². The van der Waals surface area contributed by atoms with E-state index in [1.54, 1.807) is 12.1 Å². The van der Waals surface area contributed by atoms with Gasteiger partial charge in [-0.15, -0.1) is 0 Å². The van der Waals surface area contributed by atoms with Crippen molar-refractivity contribution in [3.63, 3.8) is 0 Å². The molecule has 1 amide bonds. The van der Waals surface area contributed by atoms with Crippen LogP contribution >= 0.6 is 0 Å². The lowest BCUT2D eigenvalue weighted by atomic mass is 10.2. The first kappa shape index (κ1) is 14.0. The maximum Gasteiger partial charge on any atom is 0.256 e. The molecule has 0 aliphatic carbocycles. The molecule has 0 saturated carbocycles. The van der Waals surface area contributed by atoms with Crippen molar-refractivity contribution in [3.8, 4) is 0 Å². The number of rotatable bonds is 4. The SMILES string of the molecule is Cc1ccc(C(=O)N(CC(N)=NO)C(C)C)cn1. The summed E-state index contributed by atoms with van der Waals surface area (Å²) in [7, 11) is 0. The number of nitrogens with two attached hydrogens (primary N) is 1. The van der Waals surface area contributed by atoms with Crippen LogP contribution in [0.1, 0.15) is 29.9 Å². The van der Waals surface area contributed by atoms with Crippen LogP contribution in [-0.2, 0) is 0 Å². The van der Waals surface area contributed by atoms with Crippen molar-refractivity contribution in [2.24, 2.45) is 10.9 Å². The van der Waals surface area contributed by atoms with E-state index >= 15 is 0 Å². The van der Waals surface area contributed by atoms with Crippen molar-refractivity contribution in [2.45, 2.75) is 26.8 Å². The number of carbonyl (C=O) groups is 1. The average molecular weight is 250 g/mol. The van der Waals surface area contributed by atoms with Crippen LogP contribution in [0.15, 0.2) is 23.5 Å². The molecule has 1 heterocycles. The van der Waals surface area contributed by atoms with Gasteiger partial charge in [-0.3, -0.25) is 9.78 Å². The highest BCUT2D eigenvalue weighted by Crippen LogP contribution is 2.08. The first-order valence-electron chi connectivity index (χ1n) is 5.65. The molecule has 3 N–H and O–H groups in total. The van der Waals surface area contributed by atoms with Crippen LogP contribution in [0.4, 0.5) is 0 Å². The number of aromatic nitrogens is 1. The lowest BCUT2D eigenvalue weighted by molar-refractivity contribution is 0.0733. The molecular weight excluding hydrogens is 232 g/mol. The predicted molar refractivity (Wildman–Crippen MR) is 68.6 cm³/mol. The van der Waals surface area contributed by atoms with Gasteiger partial charge in [0, 0.05) is 17.9 Å². The summed E-state index contributed by atoms with van der Waals surface area (Å²) in [6.07, 6.45) is 1.53. The Kier molecular flexibility index (Phi) is 4.65. The highest BCUT2D eigenvalue weighted by Gasteiger charge is 2.20. The van der Waals surface area contributed by atoms with E-state index in [0.29, 0.717) is 5.56 Å². The van der Waals surface area contributed by atoms with Crippen LogP contribution in [0.25, 0.3) is 0 Å². The molecule has 0 radical (unpaired) electrons. The first-order valence-corrected chi connectivity index (χ1v) is 5.65. The number of aryl methyl sites for hydroxylation is 1. The normalized spacial score (nSPS) is 11.7. The van der Waals surface area contributed by atoms with Crippen LogP contribution in [0.5, 0.6) is 0 Å². The number of pyridine rings is 1. The van der Waals surface area contributed by atoms with Gasteiger partial charge in [0.2, 0.25) is 0 Å². The number of hydrogen-bond acceptors (Lipinski definition) is 4. The Balaban J connectivity index is 2.92. The molecule has 98 valence electrons. The Hall–Kier alpha value is -2.11. The van der Waals surface area contributed by atoms with Crippen LogP contribution in [-0.4, -0.2) is 39.4 Å². The number of amides is 1. The van der Waals surface area contributed by atoms with Gasteiger partial charge in [0.05, 0.1) is 12.1 Å². The van der Waals surface area contributed by atoms with Gasteiger partial charge >= 0.3 is 0 Å². The van der Waals surface area contributed by atoms with Gasteiger partial charge in [-0.1, -0.05) is 5.16 Å². The van der Waals surface area contributed by atoms with E-state index in [-0.39, 0.29) is 24.3 Å². The molecule has 0 fully saturated rings. The lowest BCUT2D eigenvalue weighted by Gasteiger charge is -2.26. The second-order valence-corrected chi connectivity index (χ2v) is 4.31. The zero-order valence-corrected chi connectivity index (χ0v) is 10.8. The van der Waals surface area contributed by atoms with Crippen LogP contribution in [0, 0.1) is 6.92 Å². The van der Waals surface area contributed by atoms with Crippen LogP contribution < -0.4 is 5.73 Å². The zero-order valence-electron chi connectivity index (χ0n) is 10.8. The molecule has 1 rings (SSSR count). The number of amidine groups is 1. The topological polar surface area (TPSA) is 91.8 Å². The van der Waals surface area contributed by atoms with Gasteiger partial charge in [-0.25, -0.2) is 0 Å². The predicted octanol–water partition coefficient (Wildman–Crippen LogP) is 0.987. The largest absolute Gasteiger partial charge is 0.409 e. The molecule has 1 aromatic rings. The summed E-state index contributed by atoms with van der Waals surface area (Å²) >= 11 is 0. The summed E-state index contributed by atoms with van der Waals surface area (Å²) in [5.41, 5.74) is 6.77. The van der Waals surface area contributed by atoms with Gasteiger partial charge in [0.15, 0.2) is 5.84 Å². The fraction of sp³-hybridized carbons (Fsp3) is 0.417. The summed E-state index contributed by atoms with van der Waals surface area (Å²) in [5.74, 6) is -0.193. The highest BCUT2D eigenvalue weighted by molar-refractivity contribution is 5.96. The van der Waals surface area contributed by atoms with Crippen molar-refractivity contribution < 1.29 is 10.0 Å². The monoisotopic (exact) mass is 250 g/mol. The smallest absolute Gasteiger partial charge is 0.256 e. The third-order valence-electron chi connectivity index (χ3n) is 2.50. The molecule has 18 heavy (non-hydrogen) atoms. The molecule has 0 aliphatic rings. The van der Waals surface area contributed by atoms with Crippen molar-refractivity contribution in [1.29, 1.82) is 0 Å². The minimum atomic E-state index is -0.191. The number of nitrogens with zero attached hydrogens (tertiary/aromatic N) is 3. The zero-order chi connectivity index (χ0) is 13.7. The van der Waals surface area contributed by atoms with E-state index in [1.807, 2.05) is 20.8 Å².